The largest absolute Gasteiger partial charge is 0.337 e. The molecule has 8 heteroatoms. The van der Waals surface area contributed by atoms with Gasteiger partial charge in [0, 0.05) is 38.1 Å². The van der Waals surface area contributed by atoms with Gasteiger partial charge in [0.1, 0.15) is 5.82 Å². The highest BCUT2D eigenvalue weighted by atomic mass is 32.2. The highest BCUT2D eigenvalue weighted by Crippen LogP contribution is 2.17. The lowest BCUT2D eigenvalue weighted by Gasteiger charge is -2.25. The second kappa shape index (κ2) is 7.43. The molecule has 26 heavy (non-hydrogen) atoms. The monoisotopic (exact) mass is 374 g/mol. The first-order valence-electron chi connectivity index (χ1n) is 8.37. The summed E-state index contributed by atoms with van der Waals surface area (Å²) >= 11 is 0. The van der Waals surface area contributed by atoms with Crippen LogP contribution in [0.4, 0.5) is 0 Å². The molecule has 0 unspecified atom stereocenters. The number of imidazole rings is 1. The summed E-state index contributed by atoms with van der Waals surface area (Å²) in [5.74, 6) is 0.450. The molecule has 2 aromatic rings. The molecule has 0 fully saturated rings. The van der Waals surface area contributed by atoms with E-state index >= 15 is 0 Å². The average Bonchev–Trinajstić information content (AvgIpc) is 3.05. The second-order valence-corrected chi connectivity index (χ2v) is 8.13. The Hall–Kier alpha value is -2.45. The number of aromatic nitrogens is 2. The molecule has 0 saturated carbocycles. The molecule has 2 heterocycles. The summed E-state index contributed by atoms with van der Waals surface area (Å²) in [4.78, 5) is 18.5. The Kier molecular flexibility index (Phi) is 5.24. The maximum Gasteiger partial charge on any atom is 0.254 e. The van der Waals surface area contributed by atoms with Crippen molar-refractivity contribution in [3.05, 3.63) is 59.7 Å². The van der Waals surface area contributed by atoms with Crippen LogP contribution in [0.5, 0.6) is 0 Å². The Morgan fingerprint density at radius 2 is 2.15 bits per heavy atom. The maximum absolute atomic E-state index is 12.6. The number of nitrogens with zero attached hydrogens (tertiary/aromatic N) is 3. The van der Waals surface area contributed by atoms with E-state index in [2.05, 4.69) is 9.71 Å². The predicted molar refractivity (Wildman–Crippen MR) is 98.0 cm³/mol. The minimum atomic E-state index is -3.73. The van der Waals surface area contributed by atoms with Gasteiger partial charge in [-0.3, -0.25) is 4.79 Å². The van der Waals surface area contributed by atoms with Crippen LogP contribution in [0, 0.1) is 0 Å². The lowest BCUT2D eigenvalue weighted by atomic mass is 10.1. The van der Waals surface area contributed by atoms with E-state index in [0.29, 0.717) is 24.5 Å². The Morgan fingerprint density at radius 1 is 1.35 bits per heavy atom. The van der Waals surface area contributed by atoms with Crippen molar-refractivity contribution in [2.75, 3.05) is 13.1 Å². The average molecular weight is 374 g/mol. The number of benzene rings is 1. The van der Waals surface area contributed by atoms with Crippen LogP contribution in [0.3, 0.4) is 0 Å². The molecule has 1 N–H and O–H groups in total. The molecule has 1 aromatic carbocycles. The zero-order valence-electron chi connectivity index (χ0n) is 14.8. The van der Waals surface area contributed by atoms with Gasteiger partial charge in [0.25, 0.3) is 5.91 Å². The number of amides is 1. The third-order valence-electron chi connectivity index (χ3n) is 4.46. The van der Waals surface area contributed by atoms with Crippen LogP contribution in [-0.4, -0.2) is 41.9 Å². The van der Waals surface area contributed by atoms with Crippen molar-refractivity contribution in [3.63, 3.8) is 0 Å². The van der Waals surface area contributed by atoms with Crippen molar-refractivity contribution in [2.24, 2.45) is 7.05 Å². The Labute approximate surface area is 153 Å². The van der Waals surface area contributed by atoms with Gasteiger partial charge in [0.05, 0.1) is 11.4 Å². The summed E-state index contributed by atoms with van der Waals surface area (Å²) in [6.07, 6.45) is 6.22. The van der Waals surface area contributed by atoms with Crippen molar-refractivity contribution in [1.82, 2.24) is 19.2 Å². The van der Waals surface area contributed by atoms with Gasteiger partial charge in [-0.25, -0.2) is 18.1 Å². The minimum Gasteiger partial charge on any atom is -0.337 e. The molecule has 3 rings (SSSR count). The SMILES string of the molecule is CC1=CCN(C(=O)c2cccc(S(=O)(=O)NCc3nccn3C)c2)CC1. The van der Waals surface area contributed by atoms with Gasteiger partial charge >= 0.3 is 0 Å². The smallest absolute Gasteiger partial charge is 0.254 e. The molecule has 0 spiro atoms. The first-order chi connectivity index (χ1) is 12.4. The molecule has 1 aliphatic heterocycles. The van der Waals surface area contributed by atoms with Crippen molar-refractivity contribution in [2.45, 2.75) is 24.8 Å². The van der Waals surface area contributed by atoms with E-state index in [1.807, 2.05) is 13.0 Å². The molecule has 138 valence electrons. The molecule has 1 amide bonds. The summed E-state index contributed by atoms with van der Waals surface area (Å²) in [5.41, 5.74) is 1.64. The van der Waals surface area contributed by atoms with E-state index in [0.717, 1.165) is 6.42 Å². The molecule has 1 aromatic heterocycles. The number of nitrogens with one attached hydrogen (secondary N) is 1. The molecule has 0 bridgehead atoms. The summed E-state index contributed by atoms with van der Waals surface area (Å²) in [7, 11) is -1.94. The van der Waals surface area contributed by atoms with Crippen LogP contribution in [0.2, 0.25) is 0 Å². The molecule has 1 aliphatic rings. The highest BCUT2D eigenvalue weighted by molar-refractivity contribution is 7.89. The number of carbonyl (C=O) groups is 1. The fourth-order valence-corrected chi connectivity index (χ4v) is 3.77. The number of rotatable bonds is 5. The van der Waals surface area contributed by atoms with E-state index in [1.54, 1.807) is 41.0 Å². The van der Waals surface area contributed by atoms with Crippen LogP contribution in [0.15, 0.2) is 53.2 Å². The number of aryl methyl sites for hydroxylation is 1. The van der Waals surface area contributed by atoms with Gasteiger partial charge in [0.2, 0.25) is 10.0 Å². The quantitative estimate of drug-likeness (QED) is 0.807. The van der Waals surface area contributed by atoms with Crippen molar-refractivity contribution in [1.29, 1.82) is 0 Å². The zero-order chi connectivity index (χ0) is 18.7. The molecule has 7 nitrogen and oxygen atoms in total. The first-order valence-corrected chi connectivity index (χ1v) is 9.86. The van der Waals surface area contributed by atoms with E-state index in [4.69, 9.17) is 0 Å². The standard InChI is InChI=1S/C18H22N4O3S/c1-14-6-9-22(10-7-14)18(23)15-4-3-5-16(12-15)26(24,25)20-13-17-19-8-11-21(17)2/h3-6,8,11-12,20H,7,9-10,13H2,1-2H3. The van der Waals surface area contributed by atoms with Gasteiger partial charge in [-0.05, 0) is 31.5 Å². The third kappa shape index (κ3) is 4.03. The normalized spacial score (nSPS) is 15.0. The first kappa shape index (κ1) is 18.3. The molecule has 0 radical (unpaired) electrons. The van der Waals surface area contributed by atoms with E-state index in [1.165, 1.54) is 17.7 Å². The number of hydrogen-bond donors (Lipinski definition) is 1. The summed E-state index contributed by atoms with van der Waals surface area (Å²) in [6, 6.07) is 6.14. The zero-order valence-corrected chi connectivity index (χ0v) is 15.7. The summed E-state index contributed by atoms with van der Waals surface area (Å²) in [6.45, 7) is 3.33. The topological polar surface area (TPSA) is 84.3 Å². The van der Waals surface area contributed by atoms with Gasteiger partial charge in [0.15, 0.2) is 0 Å². The van der Waals surface area contributed by atoms with Crippen molar-refractivity contribution >= 4 is 15.9 Å². The Balaban J connectivity index is 1.75. The van der Waals surface area contributed by atoms with Crippen LogP contribution < -0.4 is 4.72 Å². The van der Waals surface area contributed by atoms with Gasteiger partial charge < -0.3 is 9.47 Å². The molecule has 0 aliphatic carbocycles. The van der Waals surface area contributed by atoms with E-state index in [-0.39, 0.29) is 17.3 Å². The van der Waals surface area contributed by atoms with Crippen LogP contribution in [0.1, 0.15) is 29.5 Å². The lowest BCUT2D eigenvalue weighted by Crippen LogP contribution is -2.34. The van der Waals surface area contributed by atoms with Crippen LogP contribution in [-0.2, 0) is 23.6 Å². The number of sulfonamides is 1. The van der Waals surface area contributed by atoms with E-state index < -0.39 is 10.0 Å². The highest BCUT2D eigenvalue weighted by Gasteiger charge is 2.21. The fraction of sp³-hybridized carbons (Fsp3) is 0.333. The van der Waals surface area contributed by atoms with Gasteiger partial charge in [-0.1, -0.05) is 17.7 Å². The predicted octanol–water partition coefficient (Wildman–Crippen LogP) is 1.69. The minimum absolute atomic E-state index is 0.0706. The maximum atomic E-state index is 12.6. The molecule has 0 atom stereocenters. The number of hydrogen-bond acceptors (Lipinski definition) is 4. The fourth-order valence-electron chi connectivity index (χ4n) is 2.74. The molecule has 0 saturated heterocycles. The Morgan fingerprint density at radius 3 is 2.81 bits per heavy atom. The van der Waals surface area contributed by atoms with Crippen molar-refractivity contribution < 1.29 is 13.2 Å². The Bertz CT molecular complexity index is 947. The van der Waals surface area contributed by atoms with Crippen LogP contribution >= 0.6 is 0 Å². The summed E-state index contributed by atoms with van der Waals surface area (Å²) in [5, 5.41) is 0. The lowest BCUT2D eigenvalue weighted by molar-refractivity contribution is 0.0769. The summed E-state index contributed by atoms with van der Waals surface area (Å²) < 4.78 is 29.4. The number of carbonyl (C=O) groups excluding carboxylic acids is 1. The van der Waals surface area contributed by atoms with E-state index in [9.17, 15) is 13.2 Å². The van der Waals surface area contributed by atoms with Crippen molar-refractivity contribution in [3.8, 4) is 0 Å². The molecular formula is C18H22N4O3S. The van der Waals surface area contributed by atoms with Gasteiger partial charge in [-0.15, -0.1) is 0 Å². The molecular weight excluding hydrogens is 352 g/mol. The third-order valence-corrected chi connectivity index (χ3v) is 5.85. The van der Waals surface area contributed by atoms with Gasteiger partial charge in [-0.2, -0.15) is 0 Å². The second-order valence-electron chi connectivity index (χ2n) is 6.36. The van der Waals surface area contributed by atoms with Crippen LogP contribution in [0.25, 0.3) is 0 Å².